The average Bonchev–Trinajstić information content (AvgIpc) is 2.69. The zero-order valence-electron chi connectivity index (χ0n) is 13.6. The number of nitrogens with zero attached hydrogens (tertiary/aromatic N) is 2. The molecule has 0 aromatic rings. The molecule has 112 valence electrons. The molecule has 2 heterocycles. The van der Waals surface area contributed by atoms with Gasteiger partial charge in [0.2, 0.25) is 0 Å². The number of likely N-dealkylation sites (tertiary alicyclic amines) is 1. The van der Waals surface area contributed by atoms with Crippen molar-refractivity contribution in [2.45, 2.75) is 71.9 Å². The predicted octanol–water partition coefficient (Wildman–Crippen LogP) is 3.93. The summed E-state index contributed by atoms with van der Waals surface area (Å²) in [5.74, 6) is 0. The topological polar surface area (TPSA) is 6.48 Å². The summed E-state index contributed by atoms with van der Waals surface area (Å²) in [5.41, 5.74) is 0. The zero-order chi connectivity index (χ0) is 14.1. The molecular weight excluding hydrogens is 232 g/mol. The van der Waals surface area contributed by atoms with Crippen molar-refractivity contribution in [2.24, 2.45) is 0 Å². The van der Waals surface area contributed by atoms with Gasteiger partial charge in [0.05, 0.1) is 0 Å². The van der Waals surface area contributed by atoms with Crippen molar-refractivity contribution < 1.29 is 0 Å². The summed E-state index contributed by atoms with van der Waals surface area (Å²) in [6.45, 7) is 14.1. The van der Waals surface area contributed by atoms with Gasteiger partial charge in [-0.25, -0.2) is 0 Å². The molecule has 2 aliphatic rings. The SMILES string of the molecule is CC(C)N1CC=CCC1.CC(C)N1CCCCCC1. The van der Waals surface area contributed by atoms with Crippen molar-refractivity contribution in [3.63, 3.8) is 0 Å². The molecule has 0 atom stereocenters. The third-order valence-corrected chi connectivity index (χ3v) is 4.19. The summed E-state index contributed by atoms with van der Waals surface area (Å²) < 4.78 is 0. The van der Waals surface area contributed by atoms with Gasteiger partial charge >= 0.3 is 0 Å². The second kappa shape index (κ2) is 9.55. The van der Waals surface area contributed by atoms with Gasteiger partial charge < -0.3 is 4.90 Å². The zero-order valence-corrected chi connectivity index (χ0v) is 13.6. The lowest BCUT2D eigenvalue weighted by atomic mass is 10.2. The highest BCUT2D eigenvalue weighted by Crippen LogP contribution is 2.11. The molecule has 2 aliphatic heterocycles. The highest BCUT2D eigenvalue weighted by molar-refractivity contribution is 4.91. The average molecular weight is 266 g/mol. The van der Waals surface area contributed by atoms with E-state index in [-0.39, 0.29) is 0 Å². The second-order valence-corrected chi connectivity index (χ2v) is 6.39. The molecule has 1 saturated heterocycles. The molecule has 2 heteroatoms. The van der Waals surface area contributed by atoms with E-state index in [4.69, 9.17) is 0 Å². The van der Waals surface area contributed by atoms with E-state index in [2.05, 4.69) is 49.6 Å². The first-order valence-electron chi connectivity index (χ1n) is 8.24. The lowest BCUT2D eigenvalue weighted by Crippen LogP contribution is -2.33. The van der Waals surface area contributed by atoms with Crippen LogP contribution in [0.15, 0.2) is 12.2 Å². The normalized spacial score (nSPS) is 22.2. The summed E-state index contributed by atoms with van der Waals surface area (Å²) in [5, 5.41) is 0. The van der Waals surface area contributed by atoms with Crippen LogP contribution >= 0.6 is 0 Å². The molecule has 19 heavy (non-hydrogen) atoms. The van der Waals surface area contributed by atoms with Gasteiger partial charge in [-0.15, -0.1) is 0 Å². The van der Waals surface area contributed by atoms with Crippen LogP contribution in [0.1, 0.15) is 59.8 Å². The largest absolute Gasteiger partial charge is 0.301 e. The van der Waals surface area contributed by atoms with E-state index in [1.807, 2.05) is 0 Å². The lowest BCUT2D eigenvalue weighted by molar-refractivity contribution is 0.231. The third kappa shape index (κ3) is 7.12. The third-order valence-electron chi connectivity index (χ3n) is 4.19. The van der Waals surface area contributed by atoms with Crippen LogP contribution in [0.4, 0.5) is 0 Å². The summed E-state index contributed by atoms with van der Waals surface area (Å²) >= 11 is 0. The van der Waals surface area contributed by atoms with Gasteiger partial charge in [-0.3, -0.25) is 4.90 Å². The van der Waals surface area contributed by atoms with Crippen molar-refractivity contribution in [3.05, 3.63) is 12.2 Å². The Morgan fingerprint density at radius 2 is 1.26 bits per heavy atom. The maximum Gasteiger partial charge on any atom is 0.0166 e. The first-order valence-corrected chi connectivity index (χ1v) is 8.24. The predicted molar refractivity (Wildman–Crippen MR) is 85.6 cm³/mol. The highest BCUT2D eigenvalue weighted by atomic mass is 15.1. The molecule has 0 radical (unpaired) electrons. The maximum atomic E-state index is 2.59. The van der Waals surface area contributed by atoms with Gasteiger partial charge in [-0.05, 0) is 60.0 Å². The van der Waals surface area contributed by atoms with E-state index in [0.717, 1.165) is 18.6 Å². The van der Waals surface area contributed by atoms with Gasteiger partial charge in [-0.1, -0.05) is 25.0 Å². The maximum absolute atomic E-state index is 2.59. The minimum Gasteiger partial charge on any atom is -0.301 e. The van der Waals surface area contributed by atoms with E-state index in [1.54, 1.807) is 0 Å². The summed E-state index contributed by atoms with van der Waals surface area (Å²) in [6.07, 6.45) is 11.5. The number of hydrogen-bond acceptors (Lipinski definition) is 2. The molecule has 0 amide bonds. The van der Waals surface area contributed by atoms with Gasteiger partial charge in [0.25, 0.3) is 0 Å². The van der Waals surface area contributed by atoms with Gasteiger partial charge in [0.15, 0.2) is 0 Å². The van der Waals surface area contributed by atoms with Crippen LogP contribution in [0.2, 0.25) is 0 Å². The van der Waals surface area contributed by atoms with Crippen LogP contribution in [0, 0.1) is 0 Å². The van der Waals surface area contributed by atoms with Crippen LogP contribution in [0.3, 0.4) is 0 Å². The molecule has 0 aromatic heterocycles. The Morgan fingerprint density at radius 1 is 0.684 bits per heavy atom. The fourth-order valence-electron chi connectivity index (χ4n) is 2.74. The van der Waals surface area contributed by atoms with E-state index >= 15 is 0 Å². The molecule has 2 nitrogen and oxygen atoms in total. The van der Waals surface area contributed by atoms with Crippen molar-refractivity contribution in [1.29, 1.82) is 0 Å². The van der Waals surface area contributed by atoms with Crippen molar-refractivity contribution in [3.8, 4) is 0 Å². The van der Waals surface area contributed by atoms with E-state index in [1.165, 1.54) is 51.7 Å². The smallest absolute Gasteiger partial charge is 0.0166 e. The van der Waals surface area contributed by atoms with Crippen molar-refractivity contribution >= 4 is 0 Å². The molecule has 0 aliphatic carbocycles. The Kier molecular flexibility index (Phi) is 8.40. The quantitative estimate of drug-likeness (QED) is 0.699. The van der Waals surface area contributed by atoms with Crippen molar-refractivity contribution in [1.82, 2.24) is 9.80 Å². The van der Waals surface area contributed by atoms with Crippen LogP contribution < -0.4 is 0 Å². The molecule has 0 saturated carbocycles. The van der Waals surface area contributed by atoms with Gasteiger partial charge in [0, 0.05) is 25.2 Å². The molecule has 0 spiro atoms. The van der Waals surface area contributed by atoms with E-state index < -0.39 is 0 Å². The number of hydrogen-bond donors (Lipinski definition) is 0. The minimum absolute atomic E-state index is 0.718. The van der Waals surface area contributed by atoms with Crippen LogP contribution in [0.25, 0.3) is 0 Å². The Labute approximate surface area is 120 Å². The van der Waals surface area contributed by atoms with E-state index in [9.17, 15) is 0 Å². The first kappa shape index (κ1) is 16.7. The Hall–Kier alpha value is -0.340. The fraction of sp³-hybridized carbons (Fsp3) is 0.882. The Balaban J connectivity index is 0.000000191. The Morgan fingerprint density at radius 3 is 1.63 bits per heavy atom. The van der Waals surface area contributed by atoms with Gasteiger partial charge in [0.1, 0.15) is 0 Å². The fourth-order valence-corrected chi connectivity index (χ4v) is 2.74. The minimum atomic E-state index is 0.718. The van der Waals surface area contributed by atoms with Crippen molar-refractivity contribution in [2.75, 3.05) is 26.2 Å². The highest BCUT2D eigenvalue weighted by Gasteiger charge is 2.10. The second-order valence-electron chi connectivity index (χ2n) is 6.39. The number of rotatable bonds is 2. The standard InChI is InChI=1S/C9H19N.C8H15N/c1-9(2)10-7-5-3-4-6-8-10;1-8(2)9-6-4-3-5-7-9/h9H,3-8H2,1-2H3;3-4,8H,5-7H2,1-2H3. The summed E-state index contributed by atoms with van der Waals surface area (Å²) in [4.78, 5) is 5.06. The summed E-state index contributed by atoms with van der Waals surface area (Å²) in [6, 6.07) is 1.48. The van der Waals surface area contributed by atoms with E-state index in [0.29, 0.717) is 0 Å². The Bertz CT molecular complexity index is 238. The molecule has 0 N–H and O–H groups in total. The molecule has 0 unspecified atom stereocenters. The van der Waals surface area contributed by atoms with Crippen LogP contribution in [-0.2, 0) is 0 Å². The van der Waals surface area contributed by atoms with Crippen LogP contribution in [0.5, 0.6) is 0 Å². The van der Waals surface area contributed by atoms with Crippen LogP contribution in [-0.4, -0.2) is 48.1 Å². The molecule has 1 fully saturated rings. The monoisotopic (exact) mass is 266 g/mol. The molecular formula is C17H34N2. The first-order chi connectivity index (χ1) is 9.11. The molecule has 2 rings (SSSR count). The molecule has 0 aromatic carbocycles. The van der Waals surface area contributed by atoms with Gasteiger partial charge in [-0.2, -0.15) is 0 Å². The lowest BCUT2D eigenvalue weighted by Gasteiger charge is -2.26. The molecule has 0 bridgehead atoms. The summed E-state index contributed by atoms with van der Waals surface area (Å²) in [7, 11) is 0.